The number of nitriles is 1. The third kappa shape index (κ3) is 4.93. The van der Waals surface area contributed by atoms with Crippen LogP contribution in [0.25, 0.3) is 0 Å². The molecule has 39 heavy (non-hydrogen) atoms. The Labute approximate surface area is 228 Å². The molecule has 1 N–H and O–H groups in total. The number of sulfonamides is 1. The van der Waals surface area contributed by atoms with Crippen molar-refractivity contribution >= 4 is 27.3 Å². The number of hydrazine groups is 1. The lowest BCUT2D eigenvalue weighted by molar-refractivity contribution is -0.137. The van der Waals surface area contributed by atoms with Crippen molar-refractivity contribution in [1.29, 1.82) is 5.26 Å². The molecule has 2 aromatic rings. The molecule has 0 bridgehead atoms. The molecule has 1 heterocycles. The van der Waals surface area contributed by atoms with Crippen molar-refractivity contribution in [3.63, 3.8) is 0 Å². The van der Waals surface area contributed by atoms with Crippen LogP contribution in [0, 0.1) is 29.0 Å². The quantitative estimate of drug-likeness (QED) is 0.328. The summed E-state index contributed by atoms with van der Waals surface area (Å²) < 4.78 is 81.4. The van der Waals surface area contributed by atoms with Gasteiger partial charge in [-0.25, -0.2) is 12.8 Å². The standard InChI is InChI=1S/C27H23ClF4N4O2S/c1-16-22-14-34-36(20-6-4-19(29)5-7-20)25(22)12-17-2-3-18(26(16)17)15-35(11-10-33)39(37,38)21-8-9-24(28)23(13-21)27(30,31)32/h4-9,12-14,16,18,34H,2-3,11,15H2,1H3/t16-,18+/m0/s1. The lowest BCUT2D eigenvalue weighted by atomic mass is 9.80. The van der Waals surface area contributed by atoms with Crippen molar-refractivity contribution in [3.8, 4) is 6.07 Å². The molecule has 2 aromatic carbocycles. The van der Waals surface area contributed by atoms with Gasteiger partial charge in [-0.3, -0.25) is 5.01 Å². The van der Waals surface area contributed by atoms with E-state index in [2.05, 4.69) is 5.43 Å². The van der Waals surface area contributed by atoms with Crippen LogP contribution < -0.4 is 10.4 Å². The molecule has 0 radical (unpaired) electrons. The van der Waals surface area contributed by atoms with E-state index in [1.165, 1.54) is 12.1 Å². The van der Waals surface area contributed by atoms with Crippen LogP contribution in [0.1, 0.15) is 25.3 Å². The molecule has 0 amide bonds. The second-order valence-electron chi connectivity index (χ2n) is 9.60. The zero-order valence-electron chi connectivity index (χ0n) is 20.6. The molecule has 5 rings (SSSR count). The predicted molar refractivity (Wildman–Crippen MR) is 138 cm³/mol. The number of allylic oxidation sites excluding steroid dienone is 3. The molecule has 0 unspecified atom stereocenters. The molecule has 2 aliphatic carbocycles. The number of benzene rings is 2. The van der Waals surface area contributed by atoms with Gasteiger partial charge < -0.3 is 5.43 Å². The fourth-order valence-corrected chi connectivity index (χ4v) is 7.14. The maximum atomic E-state index is 13.4. The number of hydrogen-bond donors (Lipinski definition) is 1. The first-order valence-corrected chi connectivity index (χ1v) is 13.9. The van der Waals surface area contributed by atoms with E-state index in [1.54, 1.807) is 12.1 Å². The SMILES string of the molecule is C[C@H]1C2=CNN(c3ccc(F)cc3)C2=CC2=C1[C@@H](CN(CC#N)S(=O)(=O)c1ccc(Cl)c(C(F)(F)F)c1)CC2. The van der Waals surface area contributed by atoms with Gasteiger partial charge in [-0.05, 0) is 72.9 Å². The first-order valence-electron chi connectivity index (χ1n) is 12.1. The minimum absolute atomic E-state index is 0.0470. The second kappa shape index (κ2) is 10.0. The van der Waals surface area contributed by atoms with Crippen molar-refractivity contribution in [2.75, 3.05) is 18.1 Å². The van der Waals surface area contributed by atoms with Crippen LogP contribution in [-0.4, -0.2) is 25.8 Å². The normalized spacial score (nSPS) is 20.8. The van der Waals surface area contributed by atoms with E-state index in [0.29, 0.717) is 18.9 Å². The second-order valence-corrected chi connectivity index (χ2v) is 11.9. The van der Waals surface area contributed by atoms with Gasteiger partial charge in [0.25, 0.3) is 0 Å². The summed E-state index contributed by atoms with van der Waals surface area (Å²) in [6.45, 7) is 1.46. The van der Waals surface area contributed by atoms with E-state index >= 15 is 0 Å². The number of anilines is 1. The Kier molecular flexibility index (Phi) is 6.99. The number of alkyl halides is 3. The summed E-state index contributed by atoms with van der Waals surface area (Å²) in [5.41, 5.74) is 6.69. The highest BCUT2D eigenvalue weighted by atomic mass is 35.5. The Bertz CT molecular complexity index is 1560. The van der Waals surface area contributed by atoms with Gasteiger partial charge in [0.05, 0.1) is 32.9 Å². The first-order chi connectivity index (χ1) is 18.4. The lowest BCUT2D eigenvalue weighted by Crippen LogP contribution is -2.37. The summed E-state index contributed by atoms with van der Waals surface area (Å²) in [6, 6.07) is 10.4. The summed E-state index contributed by atoms with van der Waals surface area (Å²) in [7, 11) is -4.42. The summed E-state index contributed by atoms with van der Waals surface area (Å²) in [4.78, 5) is -0.571. The van der Waals surface area contributed by atoms with Crippen LogP contribution >= 0.6 is 11.6 Å². The van der Waals surface area contributed by atoms with Gasteiger partial charge in [0.15, 0.2) is 0 Å². The molecule has 12 heteroatoms. The summed E-state index contributed by atoms with van der Waals surface area (Å²) in [5, 5.41) is 10.6. The first kappa shape index (κ1) is 27.2. The molecule has 1 aliphatic heterocycles. The average molecular weight is 579 g/mol. The highest BCUT2D eigenvalue weighted by molar-refractivity contribution is 7.89. The minimum Gasteiger partial charge on any atom is -0.301 e. The molecule has 0 saturated heterocycles. The van der Waals surface area contributed by atoms with Gasteiger partial charge in [-0.2, -0.15) is 22.7 Å². The van der Waals surface area contributed by atoms with Gasteiger partial charge >= 0.3 is 6.18 Å². The fourth-order valence-electron chi connectivity index (χ4n) is 5.51. The third-order valence-electron chi connectivity index (χ3n) is 7.34. The Balaban J connectivity index is 1.44. The van der Waals surface area contributed by atoms with Gasteiger partial charge in [-0.15, -0.1) is 0 Å². The zero-order chi connectivity index (χ0) is 28.1. The van der Waals surface area contributed by atoms with E-state index in [9.17, 15) is 31.2 Å². The highest BCUT2D eigenvalue weighted by Crippen LogP contribution is 2.48. The number of hydrogen-bond acceptors (Lipinski definition) is 5. The van der Waals surface area contributed by atoms with Crippen LogP contribution in [-0.2, 0) is 16.2 Å². The Morgan fingerprint density at radius 2 is 1.92 bits per heavy atom. The summed E-state index contributed by atoms with van der Waals surface area (Å²) >= 11 is 5.68. The molecular formula is C27H23ClF4N4O2S. The Morgan fingerprint density at radius 3 is 2.59 bits per heavy atom. The number of fused-ring (bicyclic) bond motifs is 1. The molecule has 6 nitrogen and oxygen atoms in total. The van der Waals surface area contributed by atoms with Crippen molar-refractivity contribution < 1.29 is 26.0 Å². The van der Waals surface area contributed by atoms with E-state index < -0.39 is 38.2 Å². The maximum absolute atomic E-state index is 13.4. The van der Waals surface area contributed by atoms with Crippen molar-refractivity contribution in [2.24, 2.45) is 11.8 Å². The van der Waals surface area contributed by atoms with Gasteiger partial charge in [0.1, 0.15) is 12.4 Å². The van der Waals surface area contributed by atoms with Crippen molar-refractivity contribution in [1.82, 2.24) is 9.73 Å². The van der Waals surface area contributed by atoms with E-state index in [-0.39, 0.29) is 24.2 Å². The molecule has 3 aliphatic rings. The van der Waals surface area contributed by atoms with Gasteiger partial charge in [0, 0.05) is 24.2 Å². The van der Waals surface area contributed by atoms with Gasteiger partial charge in [0.2, 0.25) is 10.0 Å². The minimum atomic E-state index is -4.83. The smallest absolute Gasteiger partial charge is 0.301 e. The topological polar surface area (TPSA) is 76.4 Å². The van der Waals surface area contributed by atoms with E-state index in [4.69, 9.17) is 11.6 Å². The van der Waals surface area contributed by atoms with Crippen molar-refractivity contribution in [3.05, 3.63) is 93.6 Å². The van der Waals surface area contributed by atoms with Gasteiger partial charge in [-0.1, -0.05) is 24.1 Å². The van der Waals surface area contributed by atoms with Crippen LogP contribution in [0.15, 0.2) is 82.1 Å². The lowest BCUT2D eigenvalue weighted by Gasteiger charge is -2.31. The molecular weight excluding hydrogens is 556 g/mol. The largest absolute Gasteiger partial charge is 0.417 e. The fraction of sp³-hybridized carbons (Fsp3) is 0.296. The zero-order valence-corrected chi connectivity index (χ0v) is 22.2. The third-order valence-corrected chi connectivity index (χ3v) is 9.48. The Morgan fingerprint density at radius 1 is 1.21 bits per heavy atom. The predicted octanol–water partition coefficient (Wildman–Crippen LogP) is 6.16. The maximum Gasteiger partial charge on any atom is 0.417 e. The Hall–Kier alpha value is -3.33. The highest BCUT2D eigenvalue weighted by Gasteiger charge is 2.41. The number of nitrogens with one attached hydrogen (secondary N) is 1. The number of halogens is 5. The van der Waals surface area contributed by atoms with E-state index in [1.807, 2.05) is 30.3 Å². The van der Waals surface area contributed by atoms with Crippen LogP contribution in [0.5, 0.6) is 0 Å². The van der Waals surface area contributed by atoms with Crippen LogP contribution in [0.2, 0.25) is 5.02 Å². The molecule has 204 valence electrons. The van der Waals surface area contributed by atoms with Crippen molar-refractivity contribution in [2.45, 2.75) is 30.8 Å². The van der Waals surface area contributed by atoms with Crippen LogP contribution in [0.4, 0.5) is 23.2 Å². The number of nitrogens with zero attached hydrogens (tertiary/aromatic N) is 3. The molecule has 2 atom stereocenters. The van der Waals surface area contributed by atoms with Crippen LogP contribution in [0.3, 0.4) is 0 Å². The summed E-state index contributed by atoms with van der Waals surface area (Å²) in [5.74, 6) is -0.651. The average Bonchev–Trinajstić information content (AvgIpc) is 3.49. The van der Waals surface area contributed by atoms with E-state index in [0.717, 1.165) is 44.5 Å². The molecule has 0 aromatic heterocycles. The summed E-state index contributed by atoms with van der Waals surface area (Å²) in [6.07, 6.45) is 0.359. The molecule has 0 spiro atoms. The molecule has 0 saturated carbocycles. The number of rotatable bonds is 6. The monoisotopic (exact) mass is 578 g/mol. The molecule has 0 fully saturated rings.